The van der Waals surface area contributed by atoms with Crippen molar-refractivity contribution in [3.05, 3.63) is 107 Å². The molecule has 3 rings (SSSR count). The van der Waals surface area contributed by atoms with Gasteiger partial charge in [0, 0.05) is 46.8 Å². The third kappa shape index (κ3) is 10.8. The number of rotatable bonds is 15. The molecule has 3 aromatic carbocycles. The summed E-state index contributed by atoms with van der Waals surface area (Å²) in [6.45, 7) is 9.28. The van der Waals surface area contributed by atoms with Gasteiger partial charge in [-0.05, 0) is 74.2 Å². The highest BCUT2D eigenvalue weighted by Gasteiger charge is 2.12. The van der Waals surface area contributed by atoms with E-state index in [1.807, 2.05) is 11.8 Å². The molecule has 5 nitrogen and oxygen atoms in total. The summed E-state index contributed by atoms with van der Waals surface area (Å²) in [6, 6.07) is 24.1. The van der Waals surface area contributed by atoms with Crippen LogP contribution in [0.4, 0.5) is 0 Å². The zero-order chi connectivity index (χ0) is 28.7. The van der Waals surface area contributed by atoms with Gasteiger partial charge in [0.05, 0.1) is 14.2 Å². The fourth-order valence-corrected chi connectivity index (χ4v) is 5.44. The zero-order valence-electron chi connectivity index (χ0n) is 24.1. The van der Waals surface area contributed by atoms with Gasteiger partial charge in [-0.15, -0.1) is 11.8 Å². The molecule has 40 heavy (non-hydrogen) atoms. The Kier molecular flexibility index (Phi) is 13.2. The van der Waals surface area contributed by atoms with Crippen LogP contribution in [-0.2, 0) is 6.54 Å². The van der Waals surface area contributed by atoms with Crippen LogP contribution in [0.5, 0.6) is 11.5 Å². The molecule has 7 heteroatoms. The Morgan fingerprint density at radius 2 is 1.57 bits per heavy atom. The summed E-state index contributed by atoms with van der Waals surface area (Å²) in [4.78, 5) is 17.5. The van der Waals surface area contributed by atoms with Crippen LogP contribution in [0.2, 0.25) is 0 Å². The minimum atomic E-state index is -0.205. The second kappa shape index (κ2) is 16.9. The van der Waals surface area contributed by atoms with Gasteiger partial charge in [0.1, 0.15) is 11.5 Å². The average Bonchev–Trinajstić information content (AvgIpc) is 2.98. The molecule has 0 saturated heterocycles. The Balaban J connectivity index is 1.62. The van der Waals surface area contributed by atoms with E-state index in [4.69, 9.17) is 9.47 Å². The number of amides is 1. The van der Waals surface area contributed by atoms with E-state index in [-0.39, 0.29) is 5.91 Å². The first-order valence-corrected chi connectivity index (χ1v) is 15.2. The summed E-state index contributed by atoms with van der Waals surface area (Å²) >= 11 is 3.19. The molecule has 0 fully saturated rings. The van der Waals surface area contributed by atoms with Gasteiger partial charge in [-0.3, -0.25) is 14.4 Å². The monoisotopic (exact) mass is 576 g/mol. The van der Waals surface area contributed by atoms with E-state index in [1.54, 1.807) is 32.4 Å². The molecule has 3 aromatic rings. The van der Waals surface area contributed by atoms with Crippen molar-refractivity contribution in [2.75, 3.05) is 33.1 Å². The molecule has 0 aromatic heterocycles. The fraction of sp³-hybridized carbons (Fsp3) is 0.303. The van der Waals surface area contributed by atoms with Crippen LogP contribution in [0, 0.1) is 0 Å². The topological polar surface area (TPSA) is 50.8 Å². The maximum absolute atomic E-state index is 12.7. The first kappa shape index (κ1) is 31.4. The van der Waals surface area contributed by atoms with E-state index in [1.165, 1.54) is 33.6 Å². The van der Waals surface area contributed by atoms with Gasteiger partial charge in [0.25, 0.3) is 5.91 Å². The average molecular weight is 577 g/mol. The van der Waals surface area contributed by atoms with Gasteiger partial charge in [-0.25, -0.2) is 0 Å². The number of thioether (sulfide) groups is 1. The molecule has 0 atom stereocenters. The highest BCUT2D eigenvalue weighted by atomic mass is 32.2. The third-order valence-corrected chi connectivity index (χ3v) is 7.94. The van der Waals surface area contributed by atoms with Crippen molar-refractivity contribution in [1.29, 1.82) is 0 Å². The lowest BCUT2D eigenvalue weighted by Crippen LogP contribution is -2.28. The van der Waals surface area contributed by atoms with Gasteiger partial charge in [-0.2, -0.15) is 0 Å². The van der Waals surface area contributed by atoms with E-state index >= 15 is 0 Å². The number of benzene rings is 3. The molecular weight excluding hydrogens is 537 g/mol. The van der Waals surface area contributed by atoms with E-state index in [9.17, 15) is 4.79 Å². The van der Waals surface area contributed by atoms with Crippen molar-refractivity contribution in [3.8, 4) is 11.5 Å². The lowest BCUT2D eigenvalue weighted by atomic mass is 10.1. The number of methoxy groups -OCH3 is 2. The molecule has 0 aliphatic heterocycles. The summed E-state index contributed by atoms with van der Waals surface area (Å²) in [5.74, 6) is 1.97. The highest BCUT2D eigenvalue weighted by molar-refractivity contribution is 7.99. The maximum atomic E-state index is 12.7. The largest absolute Gasteiger partial charge is 0.497 e. The van der Waals surface area contributed by atoms with Crippen LogP contribution >= 0.6 is 23.7 Å². The standard InChI is InChI=1S/C33H40N2O3S2/c1-6-26(13-12-25(2)3)23-35(18-19-39-31-10-8-7-9-11-31)24-27-14-16-32(17-15-27)40-34-33(36)28-20-29(37-4)22-30(21-28)38-5/h7-17,20-22H,6,18-19,23-24H2,1-5H3,(H,34,36)/b26-13+. The van der Waals surface area contributed by atoms with Gasteiger partial charge >= 0.3 is 0 Å². The van der Waals surface area contributed by atoms with Crippen LogP contribution in [0.15, 0.2) is 106 Å². The third-order valence-electron chi connectivity index (χ3n) is 6.16. The summed E-state index contributed by atoms with van der Waals surface area (Å²) < 4.78 is 13.5. The van der Waals surface area contributed by atoms with Crippen LogP contribution in [-0.4, -0.2) is 43.9 Å². The lowest BCUT2D eigenvalue weighted by Gasteiger charge is -2.24. The second-order valence-corrected chi connectivity index (χ2v) is 11.6. The molecular formula is C33H40N2O3S2. The smallest absolute Gasteiger partial charge is 0.261 e. The number of nitrogens with one attached hydrogen (secondary N) is 1. The number of hydrogen-bond acceptors (Lipinski definition) is 6. The Morgan fingerprint density at radius 3 is 2.17 bits per heavy atom. The summed E-state index contributed by atoms with van der Waals surface area (Å²) in [7, 11) is 3.14. The minimum absolute atomic E-state index is 0.205. The first-order chi connectivity index (χ1) is 19.4. The molecule has 0 aliphatic carbocycles. The molecule has 0 heterocycles. The molecule has 0 radical (unpaired) electrons. The maximum Gasteiger partial charge on any atom is 0.261 e. The number of ether oxygens (including phenoxy) is 2. The van der Waals surface area contributed by atoms with Gasteiger partial charge in [-0.1, -0.05) is 60.6 Å². The number of carbonyl (C=O) groups excluding carboxylic acids is 1. The molecule has 0 aliphatic rings. The molecule has 1 N–H and O–H groups in total. The van der Waals surface area contributed by atoms with Gasteiger partial charge in [0.2, 0.25) is 0 Å². The fourth-order valence-electron chi connectivity index (χ4n) is 3.90. The lowest BCUT2D eigenvalue weighted by molar-refractivity contribution is 0.0983. The van der Waals surface area contributed by atoms with Crippen molar-refractivity contribution >= 4 is 29.6 Å². The Labute approximate surface area is 248 Å². The Morgan fingerprint density at radius 1 is 0.900 bits per heavy atom. The van der Waals surface area contributed by atoms with Gasteiger partial charge in [0.15, 0.2) is 0 Å². The second-order valence-electron chi connectivity index (χ2n) is 9.57. The van der Waals surface area contributed by atoms with E-state index in [0.717, 1.165) is 36.7 Å². The normalized spacial score (nSPS) is 11.3. The van der Waals surface area contributed by atoms with Crippen molar-refractivity contribution in [1.82, 2.24) is 9.62 Å². The molecule has 0 unspecified atom stereocenters. The molecule has 212 valence electrons. The number of hydrogen-bond donors (Lipinski definition) is 1. The van der Waals surface area contributed by atoms with E-state index < -0.39 is 0 Å². The van der Waals surface area contributed by atoms with E-state index in [2.05, 4.69) is 97.1 Å². The SMILES string of the molecule is CC/C(=C\C=C(C)C)CN(CCSc1ccccc1)Cc1ccc(SNC(=O)c2cc(OC)cc(OC)c2)cc1. The van der Waals surface area contributed by atoms with Crippen molar-refractivity contribution in [3.63, 3.8) is 0 Å². The van der Waals surface area contributed by atoms with Crippen LogP contribution in [0.25, 0.3) is 0 Å². The first-order valence-electron chi connectivity index (χ1n) is 13.4. The molecule has 1 amide bonds. The Bertz CT molecular complexity index is 1250. The Hall–Kier alpha value is -3.13. The van der Waals surface area contributed by atoms with Crippen LogP contribution in [0.1, 0.15) is 43.1 Å². The van der Waals surface area contributed by atoms with Crippen molar-refractivity contribution in [2.45, 2.75) is 43.5 Å². The summed E-state index contributed by atoms with van der Waals surface area (Å²) in [5.41, 5.74) is 4.46. The highest BCUT2D eigenvalue weighted by Crippen LogP contribution is 2.24. The van der Waals surface area contributed by atoms with Gasteiger partial charge < -0.3 is 9.47 Å². The quantitative estimate of drug-likeness (QED) is 0.112. The zero-order valence-corrected chi connectivity index (χ0v) is 25.7. The predicted octanol–water partition coefficient (Wildman–Crippen LogP) is 8.04. The number of allylic oxidation sites excluding steroid dienone is 3. The molecule has 0 spiro atoms. The van der Waals surface area contributed by atoms with Crippen molar-refractivity contribution in [2.24, 2.45) is 0 Å². The van der Waals surface area contributed by atoms with Crippen molar-refractivity contribution < 1.29 is 14.3 Å². The van der Waals surface area contributed by atoms with Crippen LogP contribution < -0.4 is 14.2 Å². The summed E-state index contributed by atoms with van der Waals surface area (Å²) in [5, 5.41) is 0. The summed E-state index contributed by atoms with van der Waals surface area (Å²) in [6.07, 6.45) is 5.51. The minimum Gasteiger partial charge on any atom is -0.497 e. The van der Waals surface area contributed by atoms with Crippen LogP contribution in [0.3, 0.4) is 0 Å². The number of carbonyl (C=O) groups is 1. The predicted molar refractivity (Wildman–Crippen MR) is 170 cm³/mol. The molecule has 0 bridgehead atoms. The molecule has 0 saturated carbocycles. The van der Waals surface area contributed by atoms with E-state index in [0.29, 0.717) is 17.1 Å². The number of nitrogens with zero attached hydrogens (tertiary/aromatic N) is 1.